The van der Waals surface area contributed by atoms with Crippen LogP contribution in [-0.4, -0.2) is 31.8 Å². The summed E-state index contributed by atoms with van der Waals surface area (Å²) in [6, 6.07) is 0. The first-order chi connectivity index (χ1) is 6.83. The molecule has 0 aromatic carbocycles. The van der Waals surface area contributed by atoms with E-state index in [1.807, 2.05) is 11.6 Å². The van der Waals surface area contributed by atoms with E-state index in [0.29, 0.717) is 5.95 Å². The fraction of sp³-hybridized carbons (Fsp3) is 0.250. The standard InChI is InChI=1S/C8H10N6/c1-9-8-13-12-7(14(8)2)6-3-10-5-11-4-6/h3-5H,1-2H3,(H,9,13). The Morgan fingerprint density at radius 1 is 1.21 bits per heavy atom. The van der Waals surface area contributed by atoms with Crippen molar-refractivity contribution in [3.8, 4) is 11.4 Å². The number of rotatable bonds is 2. The van der Waals surface area contributed by atoms with E-state index in [-0.39, 0.29) is 0 Å². The van der Waals surface area contributed by atoms with Crippen molar-refractivity contribution < 1.29 is 0 Å². The Labute approximate surface area is 81.0 Å². The van der Waals surface area contributed by atoms with Gasteiger partial charge >= 0.3 is 0 Å². The van der Waals surface area contributed by atoms with Gasteiger partial charge < -0.3 is 5.32 Å². The molecule has 0 bridgehead atoms. The molecule has 6 heteroatoms. The number of hydrogen-bond donors (Lipinski definition) is 1. The zero-order valence-electron chi connectivity index (χ0n) is 7.97. The Balaban J connectivity index is 2.48. The molecule has 1 N–H and O–H groups in total. The van der Waals surface area contributed by atoms with Crippen LogP contribution in [-0.2, 0) is 7.05 Å². The van der Waals surface area contributed by atoms with Crippen molar-refractivity contribution in [2.45, 2.75) is 0 Å². The van der Waals surface area contributed by atoms with Crippen LogP contribution in [0, 0.1) is 0 Å². The minimum atomic E-state index is 0.712. The third kappa shape index (κ3) is 1.30. The zero-order valence-corrected chi connectivity index (χ0v) is 7.97. The van der Waals surface area contributed by atoms with E-state index in [1.165, 1.54) is 6.33 Å². The van der Waals surface area contributed by atoms with E-state index >= 15 is 0 Å². The van der Waals surface area contributed by atoms with Crippen molar-refractivity contribution in [3.63, 3.8) is 0 Å². The molecule has 0 spiro atoms. The largest absolute Gasteiger partial charge is 0.357 e. The molecule has 0 amide bonds. The minimum Gasteiger partial charge on any atom is -0.357 e. The third-order valence-corrected chi connectivity index (χ3v) is 1.92. The lowest BCUT2D eigenvalue weighted by atomic mass is 10.3. The number of nitrogens with zero attached hydrogens (tertiary/aromatic N) is 5. The Morgan fingerprint density at radius 3 is 2.50 bits per heavy atom. The summed E-state index contributed by atoms with van der Waals surface area (Å²) in [5.74, 6) is 1.46. The van der Waals surface area contributed by atoms with Gasteiger partial charge in [-0.2, -0.15) is 0 Å². The summed E-state index contributed by atoms with van der Waals surface area (Å²) in [5, 5.41) is 10.9. The van der Waals surface area contributed by atoms with Crippen molar-refractivity contribution in [2.75, 3.05) is 12.4 Å². The zero-order chi connectivity index (χ0) is 9.97. The molecule has 0 radical (unpaired) electrons. The average molecular weight is 190 g/mol. The minimum absolute atomic E-state index is 0.712. The number of aromatic nitrogens is 5. The lowest BCUT2D eigenvalue weighted by molar-refractivity contribution is 0.922. The number of hydrogen-bond acceptors (Lipinski definition) is 5. The molecular weight excluding hydrogens is 180 g/mol. The first kappa shape index (κ1) is 8.61. The van der Waals surface area contributed by atoms with Gasteiger partial charge in [-0.15, -0.1) is 10.2 Å². The van der Waals surface area contributed by atoms with Crippen LogP contribution in [0.4, 0.5) is 5.95 Å². The molecule has 72 valence electrons. The van der Waals surface area contributed by atoms with Gasteiger partial charge in [0.15, 0.2) is 5.82 Å². The smallest absolute Gasteiger partial charge is 0.224 e. The Kier molecular flexibility index (Phi) is 2.10. The van der Waals surface area contributed by atoms with Crippen molar-refractivity contribution in [3.05, 3.63) is 18.7 Å². The van der Waals surface area contributed by atoms with Crippen LogP contribution >= 0.6 is 0 Å². The van der Waals surface area contributed by atoms with E-state index in [1.54, 1.807) is 19.4 Å². The quantitative estimate of drug-likeness (QED) is 0.738. The van der Waals surface area contributed by atoms with Gasteiger partial charge in [-0.05, 0) is 0 Å². The van der Waals surface area contributed by atoms with E-state index in [9.17, 15) is 0 Å². The maximum atomic E-state index is 4.03. The van der Waals surface area contributed by atoms with Gasteiger partial charge in [0.05, 0.1) is 5.56 Å². The first-order valence-electron chi connectivity index (χ1n) is 4.15. The van der Waals surface area contributed by atoms with Crippen LogP contribution in [0.1, 0.15) is 0 Å². The highest BCUT2D eigenvalue weighted by Gasteiger charge is 2.08. The molecule has 0 fully saturated rings. The Bertz CT molecular complexity index is 421. The topological polar surface area (TPSA) is 68.5 Å². The summed E-state index contributed by atoms with van der Waals surface area (Å²) >= 11 is 0. The molecular formula is C8H10N6. The molecule has 14 heavy (non-hydrogen) atoms. The fourth-order valence-corrected chi connectivity index (χ4v) is 1.21. The highest BCUT2D eigenvalue weighted by atomic mass is 15.3. The molecule has 0 saturated heterocycles. The molecule has 6 nitrogen and oxygen atoms in total. The predicted molar refractivity (Wildman–Crippen MR) is 51.6 cm³/mol. The second-order valence-electron chi connectivity index (χ2n) is 2.78. The Morgan fingerprint density at radius 2 is 1.93 bits per heavy atom. The van der Waals surface area contributed by atoms with Gasteiger partial charge in [-0.25, -0.2) is 9.97 Å². The molecule has 2 rings (SSSR count). The molecule has 0 aliphatic rings. The van der Waals surface area contributed by atoms with Crippen LogP contribution in [0.25, 0.3) is 11.4 Å². The third-order valence-electron chi connectivity index (χ3n) is 1.92. The van der Waals surface area contributed by atoms with Crippen LogP contribution < -0.4 is 5.32 Å². The summed E-state index contributed by atoms with van der Waals surface area (Å²) < 4.78 is 1.85. The number of anilines is 1. The molecule has 0 atom stereocenters. The molecule has 2 aromatic heterocycles. The van der Waals surface area contributed by atoms with Crippen LogP contribution in [0.15, 0.2) is 18.7 Å². The van der Waals surface area contributed by atoms with Crippen molar-refractivity contribution in [1.82, 2.24) is 24.7 Å². The summed E-state index contributed by atoms with van der Waals surface area (Å²) in [6.07, 6.45) is 4.89. The predicted octanol–water partition coefficient (Wildman–Crippen LogP) is 0.314. The normalized spacial score (nSPS) is 10.1. The van der Waals surface area contributed by atoms with Gasteiger partial charge in [0.25, 0.3) is 0 Å². The lowest BCUT2D eigenvalue weighted by Crippen LogP contribution is -1.99. The van der Waals surface area contributed by atoms with Gasteiger partial charge in [0.2, 0.25) is 5.95 Å². The monoisotopic (exact) mass is 190 g/mol. The second-order valence-corrected chi connectivity index (χ2v) is 2.78. The number of nitrogens with one attached hydrogen (secondary N) is 1. The maximum Gasteiger partial charge on any atom is 0.224 e. The SMILES string of the molecule is CNc1nnc(-c2cncnc2)n1C. The van der Waals surface area contributed by atoms with Crippen LogP contribution in [0.5, 0.6) is 0 Å². The summed E-state index contributed by atoms with van der Waals surface area (Å²) in [5.41, 5.74) is 0.851. The maximum absolute atomic E-state index is 4.03. The van der Waals surface area contributed by atoms with E-state index in [0.717, 1.165) is 11.4 Å². The second kappa shape index (κ2) is 3.41. The van der Waals surface area contributed by atoms with Crippen LogP contribution in [0.2, 0.25) is 0 Å². The molecule has 0 aliphatic carbocycles. The van der Waals surface area contributed by atoms with Crippen LogP contribution in [0.3, 0.4) is 0 Å². The van der Waals surface area contributed by atoms with E-state index < -0.39 is 0 Å². The summed E-state index contributed by atoms with van der Waals surface area (Å²) in [7, 11) is 3.68. The Hall–Kier alpha value is -1.98. The van der Waals surface area contributed by atoms with E-state index in [2.05, 4.69) is 25.5 Å². The summed E-state index contributed by atoms with van der Waals surface area (Å²) in [6.45, 7) is 0. The van der Waals surface area contributed by atoms with E-state index in [4.69, 9.17) is 0 Å². The van der Waals surface area contributed by atoms with Gasteiger partial charge in [0.1, 0.15) is 6.33 Å². The highest BCUT2D eigenvalue weighted by molar-refractivity contribution is 5.54. The highest BCUT2D eigenvalue weighted by Crippen LogP contribution is 2.16. The molecule has 0 aliphatic heterocycles. The lowest BCUT2D eigenvalue weighted by Gasteiger charge is -2.01. The molecule has 2 heterocycles. The van der Waals surface area contributed by atoms with Crippen molar-refractivity contribution in [1.29, 1.82) is 0 Å². The fourth-order valence-electron chi connectivity index (χ4n) is 1.21. The molecule has 0 saturated carbocycles. The van der Waals surface area contributed by atoms with Crippen molar-refractivity contribution >= 4 is 5.95 Å². The van der Waals surface area contributed by atoms with Gasteiger partial charge in [-0.1, -0.05) is 0 Å². The summed E-state index contributed by atoms with van der Waals surface area (Å²) in [4.78, 5) is 7.85. The average Bonchev–Trinajstić information content (AvgIpc) is 2.61. The van der Waals surface area contributed by atoms with Gasteiger partial charge in [0, 0.05) is 26.5 Å². The van der Waals surface area contributed by atoms with Crippen molar-refractivity contribution in [2.24, 2.45) is 7.05 Å². The molecule has 0 unspecified atom stereocenters. The van der Waals surface area contributed by atoms with Gasteiger partial charge in [-0.3, -0.25) is 4.57 Å². The first-order valence-corrected chi connectivity index (χ1v) is 4.15. The molecule has 2 aromatic rings.